The van der Waals surface area contributed by atoms with Crippen LogP contribution in [0.5, 0.6) is 0 Å². The fourth-order valence-electron chi connectivity index (χ4n) is 4.63. The highest BCUT2D eigenvalue weighted by Crippen LogP contribution is 2.55. The SMILES string of the molecule is COC(=O)C(c1ccccc1)N1C[C@@H]2[C@@H](CCNC(=O)/C=C/c3cccnc3)[C@@H]2C1. The van der Waals surface area contributed by atoms with Crippen LogP contribution in [0.15, 0.2) is 60.9 Å². The van der Waals surface area contributed by atoms with Crippen molar-refractivity contribution in [2.75, 3.05) is 26.7 Å². The van der Waals surface area contributed by atoms with Crippen LogP contribution in [0.2, 0.25) is 0 Å². The number of rotatable bonds is 8. The first-order valence-electron chi connectivity index (χ1n) is 10.4. The summed E-state index contributed by atoms with van der Waals surface area (Å²) in [6.07, 6.45) is 7.72. The Morgan fingerprint density at radius 2 is 1.97 bits per heavy atom. The molecule has 6 nitrogen and oxygen atoms in total. The Kier molecular flexibility index (Phi) is 6.23. The summed E-state index contributed by atoms with van der Waals surface area (Å²) in [5, 5.41) is 2.97. The van der Waals surface area contributed by atoms with Crippen molar-refractivity contribution >= 4 is 18.0 Å². The van der Waals surface area contributed by atoms with Gasteiger partial charge in [0.05, 0.1) is 7.11 Å². The van der Waals surface area contributed by atoms with Gasteiger partial charge in [0.15, 0.2) is 0 Å². The van der Waals surface area contributed by atoms with Crippen molar-refractivity contribution in [3.8, 4) is 0 Å². The van der Waals surface area contributed by atoms with Crippen molar-refractivity contribution in [1.29, 1.82) is 0 Å². The Labute approximate surface area is 176 Å². The number of piperidine rings is 1. The third kappa shape index (κ3) is 4.60. The molecule has 0 radical (unpaired) electrons. The van der Waals surface area contributed by atoms with Crippen LogP contribution < -0.4 is 5.32 Å². The van der Waals surface area contributed by atoms with Gasteiger partial charge in [-0.3, -0.25) is 14.7 Å². The maximum absolute atomic E-state index is 12.4. The van der Waals surface area contributed by atoms with E-state index < -0.39 is 0 Å². The standard InChI is InChI=1S/C24H27N3O3/c1-30-24(29)23(18-7-3-2-4-8-18)27-15-20-19(21(20)16-27)11-13-26-22(28)10-9-17-6-5-12-25-14-17/h2-10,12,14,19-21,23H,11,13,15-16H2,1H3,(H,26,28)/b10-9+/t19-,20-,21+,23?. The summed E-state index contributed by atoms with van der Waals surface area (Å²) in [7, 11) is 1.45. The van der Waals surface area contributed by atoms with Crippen molar-refractivity contribution in [2.45, 2.75) is 12.5 Å². The zero-order chi connectivity index (χ0) is 20.9. The molecule has 0 bridgehead atoms. The number of benzene rings is 1. The lowest BCUT2D eigenvalue weighted by Crippen LogP contribution is -2.35. The molecule has 30 heavy (non-hydrogen) atoms. The molecule has 2 heterocycles. The molecular formula is C24H27N3O3. The first-order chi connectivity index (χ1) is 14.7. The van der Waals surface area contributed by atoms with Gasteiger partial charge in [-0.2, -0.15) is 0 Å². The number of methoxy groups -OCH3 is 1. The normalized spacial score (nSPS) is 23.7. The Morgan fingerprint density at radius 1 is 1.20 bits per heavy atom. The zero-order valence-electron chi connectivity index (χ0n) is 17.1. The summed E-state index contributed by atoms with van der Waals surface area (Å²) in [5.74, 6) is 1.54. The molecule has 1 amide bonds. The van der Waals surface area contributed by atoms with E-state index in [0.29, 0.717) is 24.3 Å². The number of carbonyl (C=O) groups is 2. The number of carbonyl (C=O) groups excluding carboxylic acids is 2. The monoisotopic (exact) mass is 405 g/mol. The molecule has 2 aliphatic rings. The molecule has 2 fully saturated rings. The van der Waals surface area contributed by atoms with Crippen molar-refractivity contribution in [3.63, 3.8) is 0 Å². The van der Waals surface area contributed by atoms with Crippen molar-refractivity contribution < 1.29 is 14.3 Å². The molecule has 2 aromatic rings. The highest BCUT2D eigenvalue weighted by atomic mass is 16.5. The predicted octanol–water partition coefficient (Wildman–Crippen LogP) is 2.69. The quantitative estimate of drug-likeness (QED) is 0.540. The van der Waals surface area contributed by atoms with Crippen LogP contribution in [0.25, 0.3) is 6.08 Å². The predicted molar refractivity (Wildman–Crippen MR) is 114 cm³/mol. The van der Waals surface area contributed by atoms with Gasteiger partial charge in [-0.1, -0.05) is 36.4 Å². The van der Waals surface area contributed by atoms with Gasteiger partial charge in [0.1, 0.15) is 6.04 Å². The highest BCUT2D eigenvalue weighted by molar-refractivity contribution is 5.91. The number of fused-ring (bicyclic) bond motifs is 1. The average Bonchev–Trinajstić information content (AvgIpc) is 3.23. The number of ether oxygens (including phenoxy) is 1. The second-order valence-electron chi connectivity index (χ2n) is 7.98. The average molecular weight is 405 g/mol. The Balaban J connectivity index is 1.23. The van der Waals surface area contributed by atoms with Gasteiger partial charge < -0.3 is 10.1 Å². The van der Waals surface area contributed by atoms with E-state index in [2.05, 4.69) is 15.2 Å². The molecule has 1 aliphatic carbocycles. The van der Waals surface area contributed by atoms with Crippen LogP contribution in [-0.4, -0.2) is 48.5 Å². The fourth-order valence-corrected chi connectivity index (χ4v) is 4.63. The fraction of sp³-hybridized carbons (Fsp3) is 0.375. The molecular weight excluding hydrogens is 378 g/mol. The van der Waals surface area contributed by atoms with Crippen molar-refractivity contribution in [2.24, 2.45) is 17.8 Å². The summed E-state index contributed by atoms with van der Waals surface area (Å²) < 4.78 is 5.06. The number of amides is 1. The van der Waals surface area contributed by atoms with Crippen LogP contribution in [-0.2, 0) is 14.3 Å². The molecule has 1 saturated carbocycles. The van der Waals surface area contributed by atoms with E-state index in [0.717, 1.165) is 30.6 Å². The second kappa shape index (κ2) is 9.22. The van der Waals surface area contributed by atoms with E-state index in [4.69, 9.17) is 4.74 Å². The first kappa shape index (κ1) is 20.3. The van der Waals surface area contributed by atoms with Gasteiger partial charge in [0.25, 0.3) is 0 Å². The van der Waals surface area contributed by atoms with Gasteiger partial charge in [-0.25, -0.2) is 4.79 Å². The molecule has 0 spiro atoms. The molecule has 1 N–H and O–H groups in total. The molecule has 6 heteroatoms. The van der Waals surface area contributed by atoms with E-state index in [9.17, 15) is 9.59 Å². The third-order valence-electron chi connectivity index (χ3n) is 6.19. The minimum atomic E-state index is -0.332. The molecule has 1 unspecified atom stereocenters. The summed E-state index contributed by atoms with van der Waals surface area (Å²) >= 11 is 0. The minimum Gasteiger partial charge on any atom is -0.468 e. The number of aromatic nitrogens is 1. The number of nitrogens with one attached hydrogen (secondary N) is 1. The number of likely N-dealkylation sites (tertiary alicyclic amines) is 1. The summed E-state index contributed by atoms with van der Waals surface area (Å²) in [6.45, 7) is 2.48. The van der Waals surface area contributed by atoms with Crippen LogP contribution in [0.3, 0.4) is 0 Å². The number of esters is 1. The van der Waals surface area contributed by atoms with E-state index in [1.54, 1.807) is 24.5 Å². The van der Waals surface area contributed by atoms with E-state index in [1.165, 1.54) is 7.11 Å². The topological polar surface area (TPSA) is 71.5 Å². The number of hydrogen-bond donors (Lipinski definition) is 1. The van der Waals surface area contributed by atoms with Gasteiger partial charge in [-0.05, 0) is 47.4 Å². The molecule has 1 saturated heterocycles. The van der Waals surface area contributed by atoms with Gasteiger partial charge in [-0.15, -0.1) is 0 Å². The maximum atomic E-state index is 12.4. The molecule has 1 aliphatic heterocycles. The van der Waals surface area contributed by atoms with E-state index in [-0.39, 0.29) is 17.9 Å². The Morgan fingerprint density at radius 3 is 2.63 bits per heavy atom. The smallest absolute Gasteiger partial charge is 0.327 e. The largest absolute Gasteiger partial charge is 0.468 e. The van der Waals surface area contributed by atoms with E-state index >= 15 is 0 Å². The molecule has 1 aromatic heterocycles. The molecule has 1 aromatic carbocycles. The summed E-state index contributed by atoms with van der Waals surface area (Å²) in [5.41, 5.74) is 1.89. The van der Waals surface area contributed by atoms with Crippen molar-refractivity contribution in [3.05, 3.63) is 72.1 Å². The van der Waals surface area contributed by atoms with Gasteiger partial charge in [0.2, 0.25) is 5.91 Å². The van der Waals surface area contributed by atoms with E-state index in [1.807, 2.05) is 42.5 Å². The lowest BCUT2D eigenvalue weighted by Gasteiger charge is -2.28. The number of pyridine rings is 1. The number of nitrogens with zero attached hydrogens (tertiary/aromatic N) is 2. The van der Waals surface area contributed by atoms with Crippen LogP contribution in [0.4, 0.5) is 0 Å². The molecule has 4 rings (SSSR count). The highest BCUT2D eigenvalue weighted by Gasteiger charge is 2.56. The Bertz CT molecular complexity index is 888. The van der Waals surface area contributed by atoms with Gasteiger partial charge >= 0.3 is 5.97 Å². The van der Waals surface area contributed by atoms with Crippen LogP contribution in [0.1, 0.15) is 23.6 Å². The summed E-state index contributed by atoms with van der Waals surface area (Å²) in [6, 6.07) is 13.2. The number of hydrogen-bond acceptors (Lipinski definition) is 5. The Hall–Kier alpha value is -2.99. The maximum Gasteiger partial charge on any atom is 0.327 e. The lowest BCUT2D eigenvalue weighted by molar-refractivity contribution is -0.147. The van der Waals surface area contributed by atoms with Crippen LogP contribution >= 0.6 is 0 Å². The third-order valence-corrected chi connectivity index (χ3v) is 6.19. The first-order valence-corrected chi connectivity index (χ1v) is 10.4. The molecule has 156 valence electrons. The van der Waals surface area contributed by atoms with Crippen molar-refractivity contribution in [1.82, 2.24) is 15.2 Å². The lowest BCUT2D eigenvalue weighted by atomic mass is 10.0. The zero-order valence-corrected chi connectivity index (χ0v) is 17.1. The van der Waals surface area contributed by atoms with Gasteiger partial charge in [0, 0.05) is 38.1 Å². The minimum absolute atomic E-state index is 0.0823. The second-order valence-corrected chi connectivity index (χ2v) is 7.98. The van der Waals surface area contributed by atoms with Crippen LogP contribution in [0, 0.1) is 17.8 Å². The molecule has 4 atom stereocenters. The summed E-state index contributed by atoms with van der Waals surface area (Å²) in [4.78, 5) is 30.7.